The van der Waals surface area contributed by atoms with Crippen LogP contribution in [0.25, 0.3) is 0 Å². The van der Waals surface area contributed by atoms with E-state index >= 15 is 0 Å². The van der Waals surface area contributed by atoms with E-state index in [-0.39, 0.29) is 11.5 Å². The van der Waals surface area contributed by atoms with Gasteiger partial charge < -0.3 is 15.1 Å². The Balaban J connectivity index is 1.19. The summed E-state index contributed by atoms with van der Waals surface area (Å²) in [6.45, 7) is 7.55. The zero-order valence-electron chi connectivity index (χ0n) is 24.8. The highest BCUT2D eigenvalue weighted by Crippen LogP contribution is 2.62. The van der Waals surface area contributed by atoms with Crippen LogP contribution in [0.4, 0.5) is 0 Å². The number of hydrogen-bond donors (Lipinski definition) is 2. The highest BCUT2D eigenvalue weighted by molar-refractivity contribution is 5.75. The first kappa shape index (κ1) is 29.4. The van der Waals surface area contributed by atoms with Gasteiger partial charge in [0.25, 0.3) is 0 Å². The first-order valence-electron chi connectivity index (χ1n) is 15.9. The molecular weight excluding hydrogens is 470 g/mol. The van der Waals surface area contributed by atoms with Crippen molar-refractivity contribution in [3.63, 3.8) is 0 Å². The molecule has 0 bridgehead atoms. The molecule has 1 amide bonds. The molecule has 2 saturated carbocycles. The number of carbonyl (C=O) groups excluding carboxylic acids is 1. The normalized spacial score (nSPS) is 30.1. The second kappa shape index (κ2) is 13.2. The molecule has 38 heavy (non-hydrogen) atoms. The van der Waals surface area contributed by atoms with E-state index in [9.17, 15) is 15.0 Å². The van der Waals surface area contributed by atoms with E-state index < -0.39 is 0 Å². The number of nitrogens with zero attached hydrogens (tertiary/aromatic N) is 1. The Morgan fingerprint density at radius 2 is 1.71 bits per heavy atom. The Hall–Kier alpha value is -1.55. The van der Waals surface area contributed by atoms with Crippen molar-refractivity contribution in [3.05, 3.63) is 29.3 Å². The number of phenols is 1. The topological polar surface area (TPSA) is 60.8 Å². The maximum absolute atomic E-state index is 12.2. The van der Waals surface area contributed by atoms with Crippen molar-refractivity contribution in [1.82, 2.24) is 4.90 Å². The molecule has 2 fully saturated rings. The molecule has 1 aromatic rings. The lowest BCUT2D eigenvalue weighted by Gasteiger charge is -2.53. The fourth-order valence-corrected chi connectivity index (χ4v) is 8.61. The summed E-state index contributed by atoms with van der Waals surface area (Å²) in [5.74, 6) is 3.84. The number of unbranched alkanes of at least 4 members (excludes halogenated alkanes) is 7. The molecular formula is C34H55NO3. The Morgan fingerprint density at radius 3 is 2.42 bits per heavy atom. The average Bonchev–Trinajstić information content (AvgIpc) is 3.18. The van der Waals surface area contributed by atoms with Crippen LogP contribution in [0.3, 0.4) is 0 Å². The van der Waals surface area contributed by atoms with Crippen molar-refractivity contribution in [2.75, 3.05) is 13.6 Å². The summed E-state index contributed by atoms with van der Waals surface area (Å²) in [6.07, 6.45) is 17.4. The number of phenolic OH excluding ortho intramolecular Hbond substituents is 1. The van der Waals surface area contributed by atoms with Gasteiger partial charge in [-0.15, -0.1) is 0 Å². The van der Waals surface area contributed by atoms with Gasteiger partial charge in [0, 0.05) is 20.0 Å². The Kier molecular flexibility index (Phi) is 10.2. The minimum absolute atomic E-state index is 0.0995. The minimum atomic E-state index is -0.130. The zero-order valence-corrected chi connectivity index (χ0v) is 24.8. The fraction of sp³-hybridized carbons (Fsp3) is 0.794. The quantitative estimate of drug-likeness (QED) is 0.258. The van der Waals surface area contributed by atoms with Crippen LogP contribution in [0, 0.1) is 29.1 Å². The first-order valence-corrected chi connectivity index (χ1v) is 15.9. The van der Waals surface area contributed by atoms with Gasteiger partial charge in [0.05, 0.1) is 6.10 Å². The second-order valence-corrected chi connectivity index (χ2v) is 13.8. The monoisotopic (exact) mass is 525 g/mol. The molecule has 214 valence electrons. The van der Waals surface area contributed by atoms with Gasteiger partial charge in [-0.1, -0.05) is 71.8 Å². The molecule has 4 heteroatoms. The summed E-state index contributed by atoms with van der Waals surface area (Å²) in [5.41, 5.74) is 2.97. The molecule has 6 atom stereocenters. The van der Waals surface area contributed by atoms with E-state index in [2.05, 4.69) is 26.8 Å². The predicted octanol–water partition coefficient (Wildman–Crippen LogP) is 7.85. The van der Waals surface area contributed by atoms with Crippen LogP contribution in [0.2, 0.25) is 0 Å². The van der Waals surface area contributed by atoms with Crippen LogP contribution in [0.1, 0.15) is 128 Å². The lowest BCUT2D eigenvalue weighted by Crippen LogP contribution is -2.47. The van der Waals surface area contributed by atoms with Crippen LogP contribution in [0.15, 0.2) is 18.2 Å². The molecule has 2 N–H and O–H groups in total. The molecule has 0 aromatic heterocycles. The van der Waals surface area contributed by atoms with Gasteiger partial charge >= 0.3 is 0 Å². The number of rotatable bonds is 13. The van der Waals surface area contributed by atoms with Crippen molar-refractivity contribution in [2.24, 2.45) is 29.1 Å². The fourth-order valence-electron chi connectivity index (χ4n) is 8.61. The Bertz CT molecular complexity index is 913. The number of fused-ring (bicyclic) bond motifs is 5. The van der Waals surface area contributed by atoms with Crippen molar-refractivity contribution < 1.29 is 15.0 Å². The molecule has 1 aromatic carbocycles. The minimum Gasteiger partial charge on any atom is -0.508 e. The van der Waals surface area contributed by atoms with Gasteiger partial charge in [-0.2, -0.15) is 0 Å². The van der Waals surface area contributed by atoms with Crippen LogP contribution in [-0.4, -0.2) is 40.7 Å². The van der Waals surface area contributed by atoms with E-state index in [1.54, 1.807) is 0 Å². The van der Waals surface area contributed by atoms with Gasteiger partial charge in [-0.3, -0.25) is 4.79 Å². The van der Waals surface area contributed by atoms with E-state index in [0.717, 1.165) is 32.2 Å². The van der Waals surface area contributed by atoms with Crippen molar-refractivity contribution >= 4 is 5.91 Å². The number of hydrogen-bond acceptors (Lipinski definition) is 3. The zero-order chi connectivity index (χ0) is 27.3. The maximum atomic E-state index is 12.2. The van der Waals surface area contributed by atoms with E-state index in [0.29, 0.717) is 47.7 Å². The van der Waals surface area contributed by atoms with Crippen molar-refractivity contribution in [1.29, 1.82) is 0 Å². The Morgan fingerprint density at radius 1 is 1.03 bits per heavy atom. The van der Waals surface area contributed by atoms with Crippen LogP contribution < -0.4 is 0 Å². The lowest BCUT2D eigenvalue weighted by molar-refractivity contribution is -0.130. The third-order valence-corrected chi connectivity index (χ3v) is 10.6. The summed E-state index contributed by atoms with van der Waals surface area (Å²) in [6, 6.07) is 6.12. The third kappa shape index (κ3) is 6.77. The number of benzene rings is 1. The van der Waals surface area contributed by atoms with Gasteiger partial charge in [0.1, 0.15) is 5.75 Å². The summed E-state index contributed by atoms with van der Waals surface area (Å²) in [5, 5.41) is 21.1. The smallest absolute Gasteiger partial charge is 0.222 e. The molecule has 0 saturated heterocycles. The standard InChI is InChI=1S/C34H55NO3/c1-24(2)23-35(4)32(38)14-12-10-8-6-5-7-9-11-13-25-21-26-22-27(36)15-16-28(26)29-19-20-34(3)30(33(25)29)17-18-31(34)37/h15-16,22,24-25,29-31,33,36-37H,5-14,17-21,23H2,1-4H3/t25-,29-,30+,31+,33-,34+/m1/s1. The molecule has 0 radical (unpaired) electrons. The molecule has 0 unspecified atom stereocenters. The largest absolute Gasteiger partial charge is 0.508 e. The number of amides is 1. The van der Waals surface area contributed by atoms with Gasteiger partial charge in [-0.25, -0.2) is 0 Å². The van der Waals surface area contributed by atoms with Crippen LogP contribution in [0.5, 0.6) is 5.75 Å². The van der Waals surface area contributed by atoms with Crippen molar-refractivity contribution in [3.8, 4) is 5.75 Å². The number of aromatic hydroxyl groups is 1. The Labute approximate surface area is 232 Å². The number of carbonyl (C=O) groups is 1. The third-order valence-electron chi connectivity index (χ3n) is 10.6. The van der Waals surface area contributed by atoms with Gasteiger partial charge in [0.2, 0.25) is 5.91 Å². The SMILES string of the molecule is CC(C)CN(C)C(=O)CCCCCCCCCC[C@@H]1Cc2cc(O)ccc2[C@H]2CC[C@]3(C)[C@@H](O)CC[C@H]3[C@H]12. The summed E-state index contributed by atoms with van der Waals surface area (Å²) < 4.78 is 0. The van der Waals surface area contributed by atoms with Crippen molar-refractivity contribution in [2.45, 2.75) is 129 Å². The molecule has 0 aliphatic heterocycles. The van der Waals surface area contributed by atoms with E-state index in [1.807, 2.05) is 24.1 Å². The number of aliphatic hydroxyl groups excluding tert-OH is 1. The number of aliphatic hydroxyl groups is 1. The highest BCUT2D eigenvalue weighted by Gasteiger charge is 2.56. The van der Waals surface area contributed by atoms with E-state index in [4.69, 9.17) is 0 Å². The van der Waals surface area contributed by atoms with Crippen LogP contribution >= 0.6 is 0 Å². The molecule has 3 aliphatic carbocycles. The second-order valence-electron chi connectivity index (χ2n) is 13.8. The molecule has 0 heterocycles. The summed E-state index contributed by atoms with van der Waals surface area (Å²) in [4.78, 5) is 14.1. The first-order chi connectivity index (χ1) is 18.2. The molecule has 4 rings (SSSR count). The highest BCUT2D eigenvalue weighted by atomic mass is 16.3. The molecule has 0 spiro atoms. The molecule has 3 aliphatic rings. The average molecular weight is 526 g/mol. The van der Waals surface area contributed by atoms with Gasteiger partial charge in [0.15, 0.2) is 0 Å². The van der Waals surface area contributed by atoms with Crippen LogP contribution in [-0.2, 0) is 11.2 Å². The molecule has 4 nitrogen and oxygen atoms in total. The maximum Gasteiger partial charge on any atom is 0.222 e. The lowest BCUT2D eigenvalue weighted by atomic mass is 9.52. The van der Waals surface area contributed by atoms with E-state index in [1.165, 1.54) is 75.3 Å². The predicted molar refractivity (Wildman–Crippen MR) is 156 cm³/mol. The summed E-state index contributed by atoms with van der Waals surface area (Å²) in [7, 11) is 1.93. The van der Waals surface area contributed by atoms with Gasteiger partial charge in [-0.05, 0) is 103 Å². The summed E-state index contributed by atoms with van der Waals surface area (Å²) >= 11 is 0.